The minimum Gasteiger partial charge on any atom is -0.495 e. The number of methoxy groups -OCH3 is 1. The largest absolute Gasteiger partial charge is 0.495 e. The molecule has 2 rings (SSSR count). The monoisotopic (exact) mass is 248 g/mol. The third-order valence-electron chi connectivity index (χ3n) is 2.92. The normalized spacial score (nSPS) is 24.1. The van der Waals surface area contributed by atoms with E-state index in [1.807, 2.05) is 30.0 Å². The number of nitriles is 1. The molecular formula is C13H16N2OS. The minimum absolute atomic E-state index is 0.289. The van der Waals surface area contributed by atoms with Crippen LogP contribution < -0.4 is 10.1 Å². The molecule has 1 aromatic rings. The molecular weight excluding hydrogens is 232 g/mol. The van der Waals surface area contributed by atoms with Gasteiger partial charge in [-0.2, -0.15) is 5.26 Å². The molecule has 0 radical (unpaired) electrons. The van der Waals surface area contributed by atoms with Crippen LogP contribution in [0, 0.1) is 11.3 Å². The van der Waals surface area contributed by atoms with Gasteiger partial charge in [-0.1, -0.05) is 6.07 Å². The Morgan fingerprint density at radius 1 is 1.53 bits per heavy atom. The standard InChI is InChI=1S/C13H16N2OS/c1-9-5-6-17-13(15-9)10-3-4-12(16-2)11(7-10)8-14/h3-4,7,9,13,15H,5-6H2,1-2H3. The van der Waals surface area contributed by atoms with Gasteiger partial charge in [-0.25, -0.2) is 0 Å². The fraction of sp³-hybridized carbons (Fsp3) is 0.462. The van der Waals surface area contributed by atoms with Gasteiger partial charge in [-0.15, -0.1) is 11.8 Å². The van der Waals surface area contributed by atoms with Crippen LogP contribution in [0.2, 0.25) is 0 Å². The Kier molecular flexibility index (Phi) is 3.93. The van der Waals surface area contributed by atoms with Crippen LogP contribution in [0.1, 0.15) is 29.8 Å². The summed E-state index contributed by atoms with van der Waals surface area (Å²) >= 11 is 1.89. The van der Waals surface area contributed by atoms with Gasteiger partial charge >= 0.3 is 0 Å². The van der Waals surface area contributed by atoms with E-state index in [1.165, 1.54) is 6.42 Å². The number of hydrogen-bond donors (Lipinski definition) is 1. The van der Waals surface area contributed by atoms with Gasteiger partial charge in [0.05, 0.1) is 18.0 Å². The second-order valence-corrected chi connectivity index (χ2v) is 5.39. The van der Waals surface area contributed by atoms with E-state index in [2.05, 4.69) is 18.3 Å². The summed E-state index contributed by atoms with van der Waals surface area (Å²) < 4.78 is 5.15. The van der Waals surface area contributed by atoms with Crippen molar-refractivity contribution in [2.45, 2.75) is 24.8 Å². The number of ether oxygens (including phenoxy) is 1. The van der Waals surface area contributed by atoms with Crippen molar-refractivity contribution in [3.05, 3.63) is 29.3 Å². The van der Waals surface area contributed by atoms with Crippen molar-refractivity contribution >= 4 is 11.8 Å². The van der Waals surface area contributed by atoms with Gasteiger partial charge < -0.3 is 4.74 Å². The summed E-state index contributed by atoms with van der Waals surface area (Å²) in [5, 5.41) is 12.9. The predicted molar refractivity (Wildman–Crippen MR) is 70.1 cm³/mol. The van der Waals surface area contributed by atoms with Gasteiger partial charge in [-0.05, 0) is 36.8 Å². The lowest BCUT2D eigenvalue weighted by Crippen LogP contribution is -2.33. The third-order valence-corrected chi connectivity index (χ3v) is 4.13. The maximum atomic E-state index is 9.07. The Bertz CT molecular complexity index is 442. The molecule has 90 valence electrons. The van der Waals surface area contributed by atoms with E-state index in [4.69, 9.17) is 10.00 Å². The Morgan fingerprint density at radius 3 is 3.00 bits per heavy atom. The Balaban J connectivity index is 2.24. The lowest BCUT2D eigenvalue weighted by molar-refractivity contribution is 0.413. The molecule has 1 fully saturated rings. The van der Waals surface area contributed by atoms with Crippen molar-refractivity contribution in [3.63, 3.8) is 0 Å². The maximum absolute atomic E-state index is 9.07. The van der Waals surface area contributed by atoms with E-state index >= 15 is 0 Å². The van der Waals surface area contributed by atoms with Gasteiger partial charge in [-0.3, -0.25) is 5.32 Å². The van der Waals surface area contributed by atoms with Crippen LogP contribution in [0.5, 0.6) is 5.75 Å². The number of thioether (sulfide) groups is 1. The van der Waals surface area contributed by atoms with E-state index < -0.39 is 0 Å². The molecule has 2 atom stereocenters. The van der Waals surface area contributed by atoms with Crippen molar-refractivity contribution in [3.8, 4) is 11.8 Å². The number of nitrogens with one attached hydrogen (secondary N) is 1. The quantitative estimate of drug-likeness (QED) is 0.874. The second kappa shape index (κ2) is 5.44. The highest BCUT2D eigenvalue weighted by molar-refractivity contribution is 7.99. The summed E-state index contributed by atoms with van der Waals surface area (Å²) in [7, 11) is 1.59. The van der Waals surface area contributed by atoms with Crippen LogP contribution in [0.15, 0.2) is 18.2 Å². The molecule has 0 aliphatic carbocycles. The first-order chi connectivity index (χ1) is 8.24. The molecule has 1 saturated heterocycles. The first kappa shape index (κ1) is 12.3. The predicted octanol–water partition coefficient (Wildman–Crippen LogP) is 2.68. The zero-order valence-corrected chi connectivity index (χ0v) is 10.9. The highest BCUT2D eigenvalue weighted by atomic mass is 32.2. The molecule has 0 bridgehead atoms. The molecule has 2 unspecified atom stereocenters. The van der Waals surface area contributed by atoms with E-state index in [9.17, 15) is 0 Å². The van der Waals surface area contributed by atoms with Crippen LogP contribution >= 0.6 is 11.8 Å². The molecule has 4 heteroatoms. The van der Waals surface area contributed by atoms with Gasteiger partial charge in [0.1, 0.15) is 11.8 Å². The van der Waals surface area contributed by atoms with E-state index in [0.29, 0.717) is 17.4 Å². The van der Waals surface area contributed by atoms with E-state index in [0.717, 1.165) is 11.3 Å². The number of nitrogens with zero attached hydrogens (tertiary/aromatic N) is 1. The molecule has 17 heavy (non-hydrogen) atoms. The van der Waals surface area contributed by atoms with Crippen LogP contribution in [0.4, 0.5) is 0 Å². The summed E-state index contributed by atoms with van der Waals surface area (Å²) in [5.74, 6) is 1.80. The highest BCUT2D eigenvalue weighted by Crippen LogP contribution is 2.33. The summed E-state index contributed by atoms with van der Waals surface area (Å²) in [6, 6.07) is 8.53. The van der Waals surface area contributed by atoms with E-state index in [-0.39, 0.29) is 5.37 Å². The average Bonchev–Trinajstić information content (AvgIpc) is 2.38. The first-order valence-corrected chi connectivity index (χ1v) is 6.75. The van der Waals surface area contributed by atoms with Crippen LogP contribution in [0.25, 0.3) is 0 Å². The highest BCUT2D eigenvalue weighted by Gasteiger charge is 2.20. The lowest BCUT2D eigenvalue weighted by atomic mass is 10.1. The molecule has 3 nitrogen and oxygen atoms in total. The number of benzene rings is 1. The van der Waals surface area contributed by atoms with Gasteiger partial charge in [0.2, 0.25) is 0 Å². The van der Waals surface area contributed by atoms with Crippen LogP contribution in [0.3, 0.4) is 0 Å². The summed E-state index contributed by atoms with van der Waals surface area (Å²) in [6.07, 6.45) is 1.20. The maximum Gasteiger partial charge on any atom is 0.136 e. The number of hydrogen-bond acceptors (Lipinski definition) is 4. The minimum atomic E-state index is 0.289. The Labute approximate surface area is 106 Å². The Morgan fingerprint density at radius 2 is 2.35 bits per heavy atom. The molecule has 0 spiro atoms. The van der Waals surface area contributed by atoms with E-state index in [1.54, 1.807) is 7.11 Å². The molecule has 1 aliphatic rings. The zero-order valence-electron chi connectivity index (χ0n) is 10.1. The van der Waals surface area contributed by atoms with Gasteiger partial charge in [0, 0.05) is 6.04 Å². The molecule has 1 heterocycles. The van der Waals surface area contributed by atoms with Gasteiger partial charge in [0.15, 0.2) is 0 Å². The topological polar surface area (TPSA) is 45.0 Å². The summed E-state index contributed by atoms with van der Waals surface area (Å²) in [4.78, 5) is 0. The number of rotatable bonds is 2. The zero-order chi connectivity index (χ0) is 12.3. The molecule has 1 N–H and O–H groups in total. The van der Waals surface area contributed by atoms with Crippen LogP contribution in [-0.4, -0.2) is 18.9 Å². The van der Waals surface area contributed by atoms with Crippen molar-refractivity contribution in [1.82, 2.24) is 5.32 Å². The SMILES string of the molecule is COc1ccc(C2NC(C)CCS2)cc1C#N. The van der Waals surface area contributed by atoms with Gasteiger partial charge in [0.25, 0.3) is 0 Å². The molecule has 0 amide bonds. The van der Waals surface area contributed by atoms with Crippen LogP contribution in [-0.2, 0) is 0 Å². The molecule has 1 aromatic carbocycles. The molecule has 0 saturated carbocycles. The van der Waals surface area contributed by atoms with Crippen molar-refractivity contribution in [2.75, 3.05) is 12.9 Å². The fourth-order valence-corrected chi connectivity index (χ4v) is 3.31. The second-order valence-electron chi connectivity index (χ2n) is 4.18. The lowest BCUT2D eigenvalue weighted by Gasteiger charge is -2.28. The molecule has 1 aliphatic heterocycles. The summed E-state index contributed by atoms with van der Waals surface area (Å²) in [6.45, 7) is 2.20. The summed E-state index contributed by atoms with van der Waals surface area (Å²) in [5.41, 5.74) is 1.75. The van der Waals surface area contributed by atoms with Crippen molar-refractivity contribution in [1.29, 1.82) is 5.26 Å². The third kappa shape index (κ3) is 2.74. The fourth-order valence-electron chi connectivity index (χ4n) is 1.92. The Hall–Kier alpha value is -1.18. The van der Waals surface area contributed by atoms with Crippen molar-refractivity contribution < 1.29 is 4.74 Å². The molecule has 0 aromatic heterocycles. The average molecular weight is 248 g/mol. The smallest absolute Gasteiger partial charge is 0.136 e. The van der Waals surface area contributed by atoms with Crippen molar-refractivity contribution in [2.24, 2.45) is 0 Å². The first-order valence-electron chi connectivity index (χ1n) is 5.70.